The third-order valence-corrected chi connectivity index (χ3v) is 1.75. The fourth-order valence-electron chi connectivity index (χ4n) is 0.948. The lowest BCUT2D eigenvalue weighted by molar-refractivity contribution is -0.139. The molecule has 0 heterocycles. The molecule has 0 aromatic rings. The molecule has 0 rings (SSSR count). The Morgan fingerprint density at radius 3 is 2.07 bits per heavy atom. The summed E-state index contributed by atoms with van der Waals surface area (Å²) < 4.78 is 0. The Morgan fingerprint density at radius 1 is 1.20 bits per heavy atom. The van der Waals surface area contributed by atoms with Crippen LogP contribution in [-0.4, -0.2) is 63.6 Å². The van der Waals surface area contributed by atoms with Crippen molar-refractivity contribution in [3.8, 4) is 0 Å². The highest BCUT2D eigenvalue weighted by Gasteiger charge is 2.30. The van der Waals surface area contributed by atoms with E-state index in [9.17, 15) is 14.7 Å². The van der Waals surface area contributed by atoms with Crippen molar-refractivity contribution in [1.29, 1.82) is 0 Å². The van der Waals surface area contributed by atoms with Crippen LogP contribution in [0.2, 0.25) is 0 Å². The Labute approximate surface area is 86.3 Å². The van der Waals surface area contributed by atoms with E-state index in [-0.39, 0.29) is 0 Å². The van der Waals surface area contributed by atoms with E-state index in [0.29, 0.717) is 0 Å². The zero-order valence-electron chi connectivity index (χ0n) is 8.25. The van der Waals surface area contributed by atoms with E-state index in [2.05, 4.69) is 5.32 Å². The molecule has 0 saturated carbocycles. The van der Waals surface area contributed by atoms with E-state index in [1.165, 1.54) is 0 Å². The van der Waals surface area contributed by atoms with Crippen LogP contribution in [0.5, 0.6) is 0 Å². The number of amides is 1. The zero-order valence-corrected chi connectivity index (χ0v) is 8.25. The zero-order chi connectivity index (χ0) is 12.0. The topological polar surface area (TPSA) is 127 Å². The summed E-state index contributed by atoms with van der Waals surface area (Å²) in [4.78, 5) is 21.9. The SMILES string of the molecule is CC(=O)N[C@H](CO)C(=O)[C@H](O)[C@@H](O)CO. The molecule has 7 heteroatoms. The highest BCUT2D eigenvalue weighted by atomic mass is 16.4. The fraction of sp³-hybridized carbons (Fsp3) is 0.750. The van der Waals surface area contributed by atoms with E-state index >= 15 is 0 Å². The Kier molecular flexibility index (Phi) is 6.02. The van der Waals surface area contributed by atoms with E-state index in [1.807, 2.05) is 0 Å². The molecule has 0 spiro atoms. The Hall–Kier alpha value is -1.02. The Bertz CT molecular complexity index is 231. The number of nitrogens with one attached hydrogen (secondary N) is 1. The summed E-state index contributed by atoms with van der Waals surface area (Å²) in [7, 11) is 0. The maximum absolute atomic E-state index is 11.3. The second kappa shape index (κ2) is 6.46. The molecule has 15 heavy (non-hydrogen) atoms. The molecule has 0 aromatic carbocycles. The number of hydrogen-bond acceptors (Lipinski definition) is 6. The van der Waals surface area contributed by atoms with Crippen LogP contribution < -0.4 is 5.32 Å². The number of rotatable bonds is 6. The maximum Gasteiger partial charge on any atom is 0.217 e. The summed E-state index contributed by atoms with van der Waals surface area (Å²) in [5.74, 6) is -1.50. The normalized spacial score (nSPS) is 16.6. The highest BCUT2D eigenvalue weighted by Crippen LogP contribution is 1.99. The largest absolute Gasteiger partial charge is 0.394 e. The minimum absolute atomic E-state index is 0.548. The maximum atomic E-state index is 11.3. The van der Waals surface area contributed by atoms with E-state index in [1.54, 1.807) is 0 Å². The van der Waals surface area contributed by atoms with Gasteiger partial charge in [0, 0.05) is 6.92 Å². The van der Waals surface area contributed by atoms with E-state index < -0.39 is 43.2 Å². The summed E-state index contributed by atoms with van der Waals surface area (Å²) in [6.07, 6.45) is -3.46. The molecule has 88 valence electrons. The van der Waals surface area contributed by atoms with E-state index in [0.717, 1.165) is 6.92 Å². The first-order valence-corrected chi connectivity index (χ1v) is 4.32. The number of carbonyl (C=O) groups is 2. The van der Waals surface area contributed by atoms with Crippen molar-refractivity contribution in [3.05, 3.63) is 0 Å². The minimum atomic E-state index is -1.83. The lowest BCUT2D eigenvalue weighted by Gasteiger charge is -2.20. The number of Topliss-reactive ketones (excluding diaryl/α,β-unsaturated/α-hetero) is 1. The second-order valence-electron chi connectivity index (χ2n) is 3.03. The van der Waals surface area contributed by atoms with Gasteiger partial charge in [-0.15, -0.1) is 0 Å². The molecule has 5 N–H and O–H groups in total. The van der Waals surface area contributed by atoms with Crippen LogP contribution in [0.25, 0.3) is 0 Å². The van der Waals surface area contributed by atoms with Gasteiger partial charge >= 0.3 is 0 Å². The van der Waals surface area contributed by atoms with Gasteiger partial charge in [0.25, 0.3) is 0 Å². The van der Waals surface area contributed by atoms with Gasteiger partial charge in [0.05, 0.1) is 13.2 Å². The molecule has 0 bridgehead atoms. The molecule has 0 aliphatic heterocycles. The molecule has 3 atom stereocenters. The first-order chi connectivity index (χ1) is 6.93. The number of carbonyl (C=O) groups excluding carboxylic acids is 2. The first-order valence-electron chi connectivity index (χ1n) is 4.32. The van der Waals surface area contributed by atoms with Crippen molar-refractivity contribution in [2.45, 2.75) is 25.2 Å². The Morgan fingerprint density at radius 2 is 1.73 bits per heavy atom. The summed E-state index contributed by atoms with van der Waals surface area (Å²) in [5, 5.41) is 37.5. The molecule has 0 unspecified atom stereocenters. The van der Waals surface area contributed by atoms with Crippen LogP contribution in [0.1, 0.15) is 6.92 Å². The monoisotopic (exact) mass is 221 g/mol. The standard InChI is InChI=1S/C8H15NO6/c1-4(12)9-5(2-10)7(14)8(15)6(13)3-11/h5-6,8,10-11,13,15H,2-3H2,1H3,(H,9,12)/t5-,6+,8-/m1/s1. The van der Waals surface area contributed by atoms with Gasteiger partial charge in [-0.05, 0) is 0 Å². The lowest BCUT2D eigenvalue weighted by Crippen LogP contribution is -2.50. The molecule has 0 aliphatic rings. The van der Waals surface area contributed by atoms with Crippen LogP contribution >= 0.6 is 0 Å². The van der Waals surface area contributed by atoms with Crippen molar-refractivity contribution in [3.63, 3.8) is 0 Å². The van der Waals surface area contributed by atoms with Crippen LogP contribution in [-0.2, 0) is 9.59 Å². The molecule has 0 radical (unpaired) electrons. The van der Waals surface area contributed by atoms with Crippen LogP contribution in [0.15, 0.2) is 0 Å². The predicted molar refractivity (Wildman–Crippen MR) is 48.8 cm³/mol. The summed E-state index contributed by atoms with van der Waals surface area (Å²) in [5.41, 5.74) is 0. The molecular formula is C8H15NO6. The van der Waals surface area contributed by atoms with Gasteiger partial charge in [-0.2, -0.15) is 0 Å². The van der Waals surface area contributed by atoms with Crippen LogP contribution in [0.4, 0.5) is 0 Å². The van der Waals surface area contributed by atoms with Crippen molar-refractivity contribution in [2.75, 3.05) is 13.2 Å². The van der Waals surface area contributed by atoms with Gasteiger partial charge in [-0.1, -0.05) is 0 Å². The smallest absolute Gasteiger partial charge is 0.217 e. The van der Waals surface area contributed by atoms with Crippen molar-refractivity contribution < 1.29 is 30.0 Å². The van der Waals surface area contributed by atoms with Gasteiger partial charge in [-0.25, -0.2) is 0 Å². The van der Waals surface area contributed by atoms with Crippen molar-refractivity contribution in [1.82, 2.24) is 5.32 Å². The molecule has 0 aliphatic carbocycles. The molecule has 7 nitrogen and oxygen atoms in total. The second-order valence-corrected chi connectivity index (χ2v) is 3.03. The number of aliphatic hydroxyl groups is 4. The molecular weight excluding hydrogens is 206 g/mol. The Balaban J connectivity index is 4.43. The number of hydrogen-bond donors (Lipinski definition) is 5. The summed E-state index contributed by atoms with van der Waals surface area (Å²) >= 11 is 0. The third-order valence-electron chi connectivity index (χ3n) is 1.75. The van der Waals surface area contributed by atoms with Crippen molar-refractivity contribution in [2.24, 2.45) is 0 Å². The number of ketones is 1. The van der Waals surface area contributed by atoms with Gasteiger partial charge in [0.15, 0.2) is 5.78 Å². The van der Waals surface area contributed by atoms with Gasteiger partial charge < -0.3 is 25.7 Å². The molecule has 0 fully saturated rings. The minimum Gasteiger partial charge on any atom is -0.394 e. The van der Waals surface area contributed by atoms with Crippen LogP contribution in [0.3, 0.4) is 0 Å². The average molecular weight is 221 g/mol. The van der Waals surface area contributed by atoms with Gasteiger partial charge in [-0.3, -0.25) is 9.59 Å². The average Bonchev–Trinajstić information content (AvgIpc) is 2.22. The summed E-state index contributed by atoms with van der Waals surface area (Å²) in [6.45, 7) is -0.330. The molecule has 1 amide bonds. The lowest BCUT2D eigenvalue weighted by atomic mass is 10.0. The quantitative estimate of drug-likeness (QED) is 0.321. The van der Waals surface area contributed by atoms with Gasteiger partial charge in [0.2, 0.25) is 5.91 Å². The predicted octanol–water partition coefficient (Wildman–Crippen LogP) is -3.23. The molecule has 0 saturated heterocycles. The fourth-order valence-corrected chi connectivity index (χ4v) is 0.948. The first kappa shape index (κ1) is 14.0. The third kappa shape index (κ3) is 4.34. The highest BCUT2D eigenvalue weighted by molar-refractivity contribution is 5.91. The van der Waals surface area contributed by atoms with Gasteiger partial charge in [0.1, 0.15) is 18.2 Å². The summed E-state index contributed by atoms with van der Waals surface area (Å²) in [6, 6.07) is -1.28. The number of aliphatic hydroxyl groups excluding tert-OH is 4. The van der Waals surface area contributed by atoms with E-state index in [4.69, 9.17) is 15.3 Å². The molecule has 0 aromatic heterocycles. The van der Waals surface area contributed by atoms with Crippen molar-refractivity contribution >= 4 is 11.7 Å². The van der Waals surface area contributed by atoms with Crippen LogP contribution in [0, 0.1) is 0 Å².